The summed E-state index contributed by atoms with van der Waals surface area (Å²) in [6.45, 7) is 0.516. The zero-order valence-corrected chi connectivity index (χ0v) is 11.4. The Morgan fingerprint density at radius 3 is 1.68 bits per heavy atom. The fourth-order valence-electron chi connectivity index (χ4n) is 1.62. The second-order valence-electron chi connectivity index (χ2n) is 4.73. The molecule has 0 spiro atoms. The van der Waals surface area contributed by atoms with Gasteiger partial charge in [0, 0.05) is 6.61 Å². The average molecular weight is 290 g/mol. The summed E-state index contributed by atoms with van der Waals surface area (Å²) < 4.78 is 64.6. The number of ether oxygens (including phenoxy) is 1. The van der Waals surface area contributed by atoms with E-state index in [0.717, 1.165) is 25.7 Å². The van der Waals surface area contributed by atoms with E-state index in [0.29, 0.717) is 6.42 Å². The quantitative estimate of drug-likeness (QED) is 0.368. The lowest BCUT2D eigenvalue weighted by atomic mass is 10.1. The number of hydrogen-bond acceptors (Lipinski definition) is 1. The second-order valence-corrected chi connectivity index (χ2v) is 4.73. The van der Waals surface area contributed by atoms with Gasteiger partial charge in [0.05, 0.1) is 0 Å². The van der Waals surface area contributed by atoms with Crippen LogP contribution in [0.4, 0.5) is 22.0 Å². The van der Waals surface area contributed by atoms with E-state index in [4.69, 9.17) is 0 Å². The molecule has 0 saturated carbocycles. The number of hydrogen-bond donors (Lipinski definition) is 0. The molecule has 19 heavy (non-hydrogen) atoms. The minimum Gasteiger partial charge on any atom is -0.375 e. The second kappa shape index (κ2) is 9.50. The van der Waals surface area contributed by atoms with Crippen LogP contribution in [-0.4, -0.2) is 25.3 Å². The minimum atomic E-state index is -5.52. The Morgan fingerprint density at radius 2 is 1.21 bits per heavy atom. The monoisotopic (exact) mass is 290 g/mol. The molecule has 0 aromatic rings. The van der Waals surface area contributed by atoms with Gasteiger partial charge in [0.25, 0.3) is 0 Å². The highest BCUT2D eigenvalue weighted by Gasteiger charge is 2.57. The van der Waals surface area contributed by atoms with Crippen LogP contribution in [-0.2, 0) is 4.74 Å². The lowest BCUT2D eigenvalue weighted by molar-refractivity contribution is -0.296. The molecule has 0 amide bonds. The molecular formula is C13H23F5O. The van der Waals surface area contributed by atoms with Crippen molar-refractivity contribution in [3.8, 4) is 0 Å². The number of rotatable bonds is 11. The topological polar surface area (TPSA) is 9.23 Å². The summed E-state index contributed by atoms with van der Waals surface area (Å²) in [5.74, 6) is -4.74. The molecule has 0 heterocycles. The summed E-state index contributed by atoms with van der Waals surface area (Å²) >= 11 is 0. The molecule has 0 fully saturated rings. The molecule has 0 saturated heterocycles. The standard InChI is InChI=1S/C13H23F5O/c1-2-3-4-5-6-7-8-9-10-19-11-12(14,15)13(16,17)18/h2-11H2,1H3. The van der Waals surface area contributed by atoms with Crippen LogP contribution < -0.4 is 0 Å². The van der Waals surface area contributed by atoms with Gasteiger partial charge in [0.15, 0.2) is 0 Å². The number of alkyl halides is 5. The molecule has 0 aromatic carbocycles. The normalized spacial score (nSPS) is 12.9. The fourth-order valence-corrected chi connectivity index (χ4v) is 1.62. The Hall–Kier alpha value is -0.390. The van der Waals surface area contributed by atoms with Gasteiger partial charge in [-0.1, -0.05) is 51.9 Å². The van der Waals surface area contributed by atoms with Crippen LogP contribution in [0.15, 0.2) is 0 Å². The third-order valence-electron chi connectivity index (χ3n) is 2.84. The lowest BCUT2D eigenvalue weighted by Gasteiger charge is -2.19. The van der Waals surface area contributed by atoms with Gasteiger partial charge >= 0.3 is 12.1 Å². The maximum atomic E-state index is 12.4. The first-order valence-electron chi connectivity index (χ1n) is 6.83. The number of unbranched alkanes of at least 4 members (excludes halogenated alkanes) is 7. The smallest absolute Gasteiger partial charge is 0.375 e. The predicted molar refractivity (Wildman–Crippen MR) is 64.4 cm³/mol. The first kappa shape index (κ1) is 18.6. The molecule has 0 rings (SSSR count). The molecule has 0 atom stereocenters. The van der Waals surface area contributed by atoms with Crippen LogP contribution in [0, 0.1) is 0 Å². The van der Waals surface area contributed by atoms with Gasteiger partial charge in [-0.15, -0.1) is 0 Å². The highest BCUT2D eigenvalue weighted by molar-refractivity contribution is 4.74. The van der Waals surface area contributed by atoms with Crippen LogP contribution in [0.25, 0.3) is 0 Å². The molecule has 6 heteroatoms. The van der Waals surface area contributed by atoms with Crippen LogP contribution in [0.1, 0.15) is 58.3 Å². The number of halogens is 5. The van der Waals surface area contributed by atoms with Gasteiger partial charge in [-0.05, 0) is 6.42 Å². The minimum absolute atomic E-state index is 0.0410. The van der Waals surface area contributed by atoms with Crippen molar-refractivity contribution in [2.24, 2.45) is 0 Å². The Balaban J connectivity index is 3.37. The highest BCUT2D eigenvalue weighted by Crippen LogP contribution is 2.35. The predicted octanol–water partition coefficient (Wildman–Crippen LogP) is 5.34. The van der Waals surface area contributed by atoms with E-state index in [-0.39, 0.29) is 6.61 Å². The van der Waals surface area contributed by atoms with E-state index in [9.17, 15) is 22.0 Å². The van der Waals surface area contributed by atoms with Crippen molar-refractivity contribution in [1.82, 2.24) is 0 Å². The summed E-state index contributed by atoms with van der Waals surface area (Å²) in [4.78, 5) is 0. The Labute approximate surface area is 111 Å². The molecule has 0 N–H and O–H groups in total. The van der Waals surface area contributed by atoms with Crippen molar-refractivity contribution in [2.45, 2.75) is 70.4 Å². The Kier molecular flexibility index (Phi) is 9.31. The van der Waals surface area contributed by atoms with E-state index < -0.39 is 18.7 Å². The van der Waals surface area contributed by atoms with Crippen LogP contribution in [0.2, 0.25) is 0 Å². The average Bonchev–Trinajstić information content (AvgIpc) is 2.30. The summed E-state index contributed by atoms with van der Waals surface area (Å²) in [7, 11) is 0. The van der Waals surface area contributed by atoms with Gasteiger partial charge in [0.1, 0.15) is 6.61 Å². The van der Waals surface area contributed by atoms with Crippen LogP contribution in [0.3, 0.4) is 0 Å². The summed E-state index contributed by atoms with van der Waals surface area (Å²) in [5, 5.41) is 0. The molecule has 0 aliphatic heterocycles. The van der Waals surface area contributed by atoms with Crippen molar-refractivity contribution < 1.29 is 26.7 Å². The zero-order chi connectivity index (χ0) is 14.8. The summed E-state index contributed by atoms with van der Waals surface area (Å²) in [6.07, 6.45) is 2.63. The molecule has 116 valence electrons. The van der Waals surface area contributed by atoms with Crippen molar-refractivity contribution in [2.75, 3.05) is 13.2 Å². The lowest BCUT2D eigenvalue weighted by Crippen LogP contribution is -2.40. The van der Waals surface area contributed by atoms with Gasteiger partial charge < -0.3 is 4.74 Å². The van der Waals surface area contributed by atoms with Gasteiger partial charge in [0.2, 0.25) is 0 Å². The van der Waals surface area contributed by atoms with E-state index in [2.05, 4.69) is 11.7 Å². The van der Waals surface area contributed by atoms with Crippen LogP contribution in [0.5, 0.6) is 0 Å². The van der Waals surface area contributed by atoms with Crippen molar-refractivity contribution in [1.29, 1.82) is 0 Å². The maximum Gasteiger partial charge on any atom is 0.455 e. The first-order chi connectivity index (χ1) is 8.81. The van der Waals surface area contributed by atoms with E-state index in [1.54, 1.807) is 0 Å². The fraction of sp³-hybridized carbons (Fsp3) is 1.00. The SMILES string of the molecule is CCCCCCCCCCOCC(F)(F)C(F)(F)F. The zero-order valence-electron chi connectivity index (χ0n) is 11.4. The largest absolute Gasteiger partial charge is 0.455 e. The molecule has 0 unspecified atom stereocenters. The van der Waals surface area contributed by atoms with Crippen LogP contribution >= 0.6 is 0 Å². The molecule has 0 aliphatic rings. The van der Waals surface area contributed by atoms with E-state index >= 15 is 0 Å². The molecule has 1 nitrogen and oxygen atoms in total. The summed E-state index contributed by atoms with van der Waals surface area (Å²) in [6, 6.07) is 0. The first-order valence-corrected chi connectivity index (χ1v) is 6.83. The van der Waals surface area contributed by atoms with E-state index in [1.165, 1.54) is 19.3 Å². The third kappa shape index (κ3) is 9.19. The molecular weight excluding hydrogens is 267 g/mol. The summed E-state index contributed by atoms with van der Waals surface area (Å²) in [5.41, 5.74) is 0. The highest BCUT2D eigenvalue weighted by atomic mass is 19.4. The molecule has 0 radical (unpaired) electrons. The van der Waals surface area contributed by atoms with E-state index in [1.807, 2.05) is 0 Å². The van der Waals surface area contributed by atoms with Gasteiger partial charge in [-0.2, -0.15) is 22.0 Å². The Bertz CT molecular complexity index is 216. The van der Waals surface area contributed by atoms with Gasteiger partial charge in [-0.25, -0.2) is 0 Å². The van der Waals surface area contributed by atoms with Crippen molar-refractivity contribution in [3.05, 3.63) is 0 Å². The Morgan fingerprint density at radius 1 is 0.737 bits per heavy atom. The third-order valence-corrected chi connectivity index (χ3v) is 2.84. The van der Waals surface area contributed by atoms with Crippen molar-refractivity contribution in [3.63, 3.8) is 0 Å². The van der Waals surface area contributed by atoms with Crippen molar-refractivity contribution >= 4 is 0 Å². The van der Waals surface area contributed by atoms with Gasteiger partial charge in [-0.3, -0.25) is 0 Å². The maximum absolute atomic E-state index is 12.4. The molecule has 0 aliphatic carbocycles. The molecule has 0 aromatic heterocycles. The molecule has 0 bridgehead atoms.